The van der Waals surface area contributed by atoms with Crippen LogP contribution in [0.3, 0.4) is 0 Å². The van der Waals surface area contributed by atoms with Crippen LogP contribution in [0.25, 0.3) is 0 Å². The van der Waals surface area contributed by atoms with E-state index in [0.29, 0.717) is 0 Å². The largest absolute Gasteiger partial charge is 0.314 e. The molecule has 1 aromatic carbocycles. The number of hydrogen-bond acceptors (Lipinski definition) is 1. The van der Waals surface area contributed by atoms with Gasteiger partial charge in [-0.05, 0) is 69.7 Å². The molecule has 0 spiro atoms. The van der Waals surface area contributed by atoms with Gasteiger partial charge in [-0.25, -0.2) is 0 Å². The molecule has 1 aliphatic carbocycles. The van der Waals surface area contributed by atoms with Gasteiger partial charge in [-0.1, -0.05) is 29.8 Å². The molecule has 1 nitrogen and oxygen atoms in total. The standard InChI is InChI=1S/C17H25N/c1-13(5-4-10-18-17-8-9-17)11-16-7-6-14(2)15(3)12-16/h5-7,12,17-18H,4,8-11H2,1-3H3. The van der Waals surface area contributed by atoms with Crippen molar-refractivity contribution in [2.45, 2.75) is 52.5 Å². The summed E-state index contributed by atoms with van der Waals surface area (Å²) in [6, 6.07) is 7.63. The molecule has 0 radical (unpaired) electrons. The van der Waals surface area contributed by atoms with Crippen LogP contribution in [0, 0.1) is 13.8 Å². The average molecular weight is 243 g/mol. The van der Waals surface area contributed by atoms with Crippen LogP contribution in [-0.2, 0) is 6.42 Å². The molecule has 0 aliphatic heterocycles. The molecule has 1 saturated carbocycles. The van der Waals surface area contributed by atoms with E-state index in [-0.39, 0.29) is 0 Å². The minimum absolute atomic E-state index is 0.832. The van der Waals surface area contributed by atoms with Crippen LogP contribution >= 0.6 is 0 Å². The van der Waals surface area contributed by atoms with E-state index in [4.69, 9.17) is 0 Å². The van der Waals surface area contributed by atoms with Crippen LogP contribution in [0.15, 0.2) is 29.8 Å². The van der Waals surface area contributed by atoms with Gasteiger partial charge in [-0.3, -0.25) is 0 Å². The van der Waals surface area contributed by atoms with Gasteiger partial charge in [0.25, 0.3) is 0 Å². The summed E-state index contributed by atoms with van der Waals surface area (Å²) in [7, 11) is 0. The number of nitrogens with one attached hydrogen (secondary N) is 1. The first-order valence-corrected chi connectivity index (χ1v) is 7.10. The van der Waals surface area contributed by atoms with Gasteiger partial charge in [-0.15, -0.1) is 0 Å². The Morgan fingerprint density at radius 3 is 2.72 bits per heavy atom. The smallest absolute Gasteiger partial charge is 0.00683 e. The van der Waals surface area contributed by atoms with Gasteiger partial charge in [0.15, 0.2) is 0 Å². The molecule has 1 N–H and O–H groups in total. The Balaban J connectivity index is 1.79. The fraction of sp³-hybridized carbons (Fsp3) is 0.529. The summed E-state index contributed by atoms with van der Waals surface area (Å²) in [4.78, 5) is 0. The second-order valence-electron chi connectivity index (χ2n) is 5.66. The molecule has 0 aromatic heterocycles. The van der Waals surface area contributed by atoms with Crippen LogP contribution in [-0.4, -0.2) is 12.6 Å². The van der Waals surface area contributed by atoms with Crippen molar-refractivity contribution < 1.29 is 0 Å². The molecule has 0 bridgehead atoms. The predicted molar refractivity (Wildman–Crippen MR) is 79.0 cm³/mol. The molecular weight excluding hydrogens is 218 g/mol. The van der Waals surface area contributed by atoms with E-state index in [9.17, 15) is 0 Å². The lowest BCUT2D eigenvalue weighted by Crippen LogP contribution is -2.16. The van der Waals surface area contributed by atoms with Crippen LogP contribution in [0.1, 0.15) is 42.9 Å². The Kier molecular flexibility index (Phi) is 4.60. The molecular formula is C17H25N. The Labute approximate surface area is 111 Å². The average Bonchev–Trinajstić information content (AvgIpc) is 3.14. The lowest BCUT2D eigenvalue weighted by molar-refractivity contribution is 0.688. The quantitative estimate of drug-likeness (QED) is 0.589. The zero-order valence-corrected chi connectivity index (χ0v) is 11.9. The summed E-state index contributed by atoms with van der Waals surface area (Å²) in [5.74, 6) is 0. The molecule has 2 rings (SSSR count). The van der Waals surface area contributed by atoms with Gasteiger partial charge < -0.3 is 5.32 Å². The fourth-order valence-corrected chi connectivity index (χ4v) is 2.20. The minimum atomic E-state index is 0.832. The van der Waals surface area contributed by atoms with Crippen molar-refractivity contribution in [3.05, 3.63) is 46.5 Å². The van der Waals surface area contributed by atoms with E-state index >= 15 is 0 Å². The third-order valence-electron chi connectivity index (χ3n) is 3.70. The van der Waals surface area contributed by atoms with Gasteiger partial charge >= 0.3 is 0 Å². The normalized spacial score (nSPS) is 16.1. The molecule has 0 atom stereocenters. The van der Waals surface area contributed by atoms with Crippen molar-refractivity contribution in [2.75, 3.05) is 6.54 Å². The second-order valence-corrected chi connectivity index (χ2v) is 5.66. The maximum absolute atomic E-state index is 3.55. The summed E-state index contributed by atoms with van der Waals surface area (Å²) in [6.45, 7) is 7.74. The number of allylic oxidation sites excluding steroid dienone is 1. The molecule has 0 heterocycles. The third-order valence-corrected chi connectivity index (χ3v) is 3.70. The van der Waals surface area contributed by atoms with E-state index in [1.165, 1.54) is 35.1 Å². The topological polar surface area (TPSA) is 12.0 Å². The third kappa shape index (κ3) is 4.30. The molecule has 0 amide bonds. The van der Waals surface area contributed by atoms with Crippen molar-refractivity contribution in [1.82, 2.24) is 5.32 Å². The van der Waals surface area contributed by atoms with E-state index in [0.717, 1.165) is 25.4 Å². The number of aryl methyl sites for hydroxylation is 2. The van der Waals surface area contributed by atoms with Crippen LogP contribution in [0.5, 0.6) is 0 Å². The van der Waals surface area contributed by atoms with Gasteiger partial charge in [0.2, 0.25) is 0 Å². The van der Waals surface area contributed by atoms with E-state index in [2.05, 4.69) is 50.4 Å². The van der Waals surface area contributed by atoms with E-state index in [1.54, 1.807) is 0 Å². The zero-order valence-electron chi connectivity index (χ0n) is 11.9. The monoisotopic (exact) mass is 243 g/mol. The van der Waals surface area contributed by atoms with Crippen molar-refractivity contribution >= 4 is 0 Å². The number of benzene rings is 1. The molecule has 18 heavy (non-hydrogen) atoms. The molecule has 0 saturated heterocycles. The maximum Gasteiger partial charge on any atom is 0.00683 e. The van der Waals surface area contributed by atoms with Crippen molar-refractivity contribution in [2.24, 2.45) is 0 Å². The van der Waals surface area contributed by atoms with E-state index < -0.39 is 0 Å². The Bertz CT molecular complexity index is 427. The first kappa shape index (κ1) is 13.4. The van der Waals surface area contributed by atoms with Crippen LogP contribution < -0.4 is 5.32 Å². The van der Waals surface area contributed by atoms with Gasteiger partial charge in [0.1, 0.15) is 0 Å². The Hall–Kier alpha value is -1.08. The second kappa shape index (κ2) is 6.19. The lowest BCUT2D eigenvalue weighted by Gasteiger charge is -2.06. The molecule has 1 fully saturated rings. The molecule has 0 unspecified atom stereocenters. The Morgan fingerprint density at radius 1 is 1.28 bits per heavy atom. The summed E-state index contributed by atoms with van der Waals surface area (Å²) in [5, 5.41) is 3.55. The molecule has 98 valence electrons. The number of rotatable bonds is 6. The predicted octanol–water partition coefficient (Wildman–Crippen LogP) is 3.93. The van der Waals surface area contributed by atoms with Gasteiger partial charge in [-0.2, -0.15) is 0 Å². The SMILES string of the molecule is CC(=CCCNC1CC1)Cc1ccc(C)c(C)c1. The maximum atomic E-state index is 3.55. The summed E-state index contributed by atoms with van der Waals surface area (Å²) >= 11 is 0. The van der Waals surface area contributed by atoms with Crippen LogP contribution in [0.4, 0.5) is 0 Å². The van der Waals surface area contributed by atoms with Crippen LogP contribution in [0.2, 0.25) is 0 Å². The number of hydrogen-bond donors (Lipinski definition) is 1. The van der Waals surface area contributed by atoms with Crippen molar-refractivity contribution in [1.29, 1.82) is 0 Å². The zero-order chi connectivity index (χ0) is 13.0. The molecule has 1 aromatic rings. The van der Waals surface area contributed by atoms with Gasteiger partial charge in [0, 0.05) is 6.04 Å². The first-order valence-electron chi connectivity index (χ1n) is 7.10. The summed E-state index contributed by atoms with van der Waals surface area (Å²) in [6.07, 6.45) is 7.39. The molecule has 1 heteroatoms. The lowest BCUT2D eigenvalue weighted by atomic mass is 10.0. The van der Waals surface area contributed by atoms with Gasteiger partial charge in [0.05, 0.1) is 0 Å². The minimum Gasteiger partial charge on any atom is -0.314 e. The summed E-state index contributed by atoms with van der Waals surface area (Å²) in [5.41, 5.74) is 5.70. The highest BCUT2D eigenvalue weighted by Crippen LogP contribution is 2.18. The summed E-state index contributed by atoms with van der Waals surface area (Å²) < 4.78 is 0. The highest BCUT2D eigenvalue weighted by molar-refractivity contribution is 5.32. The Morgan fingerprint density at radius 2 is 2.06 bits per heavy atom. The van der Waals surface area contributed by atoms with E-state index in [1.807, 2.05) is 0 Å². The van der Waals surface area contributed by atoms with Crippen molar-refractivity contribution in [3.8, 4) is 0 Å². The highest BCUT2D eigenvalue weighted by atomic mass is 14.9. The van der Waals surface area contributed by atoms with Crippen molar-refractivity contribution in [3.63, 3.8) is 0 Å². The fourth-order valence-electron chi connectivity index (χ4n) is 2.20. The molecule has 1 aliphatic rings. The first-order chi connectivity index (χ1) is 8.65. The highest BCUT2D eigenvalue weighted by Gasteiger charge is 2.19.